The molecule has 0 unspecified atom stereocenters. The number of nitrogens with zero attached hydrogens (tertiary/aromatic N) is 1. The van der Waals surface area contributed by atoms with E-state index in [4.69, 9.17) is 5.11 Å². The van der Waals surface area contributed by atoms with Crippen LogP contribution in [-0.4, -0.2) is 28.6 Å². The van der Waals surface area contributed by atoms with Gasteiger partial charge < -0.3 is 15.9 Å². The van der Waals surface area contributed by atoms with Crippen molar-refractivity contribution in [1.82, 2.24) is 4.98 Å². The molecule has 62 valence electrons. The van der Waals surface area contributed by atoms with Crippen LogP contribution >= 0.6 is 11.3 Å². The fourth-order valence-electron chi connectivity index (χ4n) is 0.487. The lowest BCUT2D eigenvalue weighted by Crippen LogP contribution is -1.96. The van der Waals surface area contributed by atoms with Crippen LogP contribution in [0, 0.1) is 0 Å². The molecule has 0 radical (unpaired) electrons. The smallest absolute Gasteiger partial charge is 0.355 e. The molecule has 0 atom stereocenters. The first-order chi connectivity index (χ1) is 4.74. The molecule has 5 nitrogen and oxygen atoms in total. The van der Waals surface area contributed by atoms with Crippen LogP contribution in [-0.2, 0) is 0 Å². The van der Waals surface area contributed by atoms with Crippen LogP contribution in [0.25, 0.3) is 0 Å². The first-order valence-electron chi connectivity index (χ1n) is 2.60. The van der Waals surface area contributed by atoms with E-state index >= 15 is 0 Å². The Labute approximate surface area is 67.0 Å². The Bertz CT molecular complexity index is 248. The maximum Gasteiger partial charge on any atom is 0.355 e. The predicted molar refractivity (Wildman–Crippen MR) is 42.2 cm³/mol. The van der Waals surface area contributed by atoms with Gasteiger partial charge in [0.15, 0.2) is 10.8 Å². The Morgan fingerprint density at radius 2 is 2.45 bits per heavy atom. The number of anilines is 1. The summed E-state index contributed by atoms with van der Waals surface area (Å²) in [5.41, 5.74) is 0.0920. The zero-order valence-corrected chi connectivity index (χ0v) is 6.60. The van der Waals surface area contributed by atoms with Gasteiger partial charge in [-0.1, -0.05) is 0 Å². The number of hydrogen-bond acceptors (Lipinski definition) is 4. The van der Waals surface area contributed by atoms with Gasteiger partial charge in [-0.2, -0.15) is 0 Å². The van der Waals surface area contributed by atoms with Crippen molar-refractivity contribution in [3.05, 3.63) is 11.1 Å². The van der Waals surface area contributed by atoms with Crippen LogP contribution in [0.15, 0.2) is 5.38 Å². The van der Waals surface area contributed by atoms with Crippen LogP contribution in [0.5, 0.6) is 0 Å². The molecular weight excluding hydrogens is 168 g/mol. The van der Waals surface area contributed by atoms with Crippen LogP contribution in [0.3, 0.4) is 0 Å². The van der Waals surface area contributed by atoms with Crippen LogP contribution in [0.1, 0.15) is 10.5 Å². The highest BCUT2D eigenvalue weighted by Gasteiger charge is 2.06. The van der Waals surface area contributed by atoms with Crippen molar-refractivity contribution in [3.8, 4) is 0 Å². The second kappa shape index (κ2) is 3.89. The number of nitrogens with one attached hydrogen (secondary N) is 1. The van der Waals surface area contributed by atoms with E-state index in [9.17, 15) is 4.79 Å². The zero-order valence-electron chi connectivity index (χ0n) is 5.79. The zero-order chi connectivity index (χ0) is 7.56. The molecule has 1 aromatic rings. The maximum absolute atomic E-state index is 10.2. The van der Waals surface area contributed by atoms with E-state index in [-0.39, 0.29) is 11.2 Å². The summed E-state index contributed by atoms with van der Waals surface area (Å²) in [5, 5.41) is 13.3. The second-order valence-electron chi connectivity index (χ2n) is 1.59. The van der Waals surface area contributed by atoms with Crippen molar-refractivity contribution in [1.29, 1.82) is 0 Å². The molecular formula is C5H8N2O3S. The topological polar surface area (TPSA) is 93.7 Å². The molecule has 0 bridgehead atoms. The minimum atomic E-state index is -0.988. The number of rotatable bonds is 2. The van der Waals surface area contributed by atoms with E-state index in [0.717, 1.165) is 0 Å². The van der Waals surface area contributed by atoms with Crippen molar-refractivity contribution in [2.24, 2.45) is 0 Å². The Kier molecular flexibility index (Phi) is 3.49. The second-order valence-corrected chi connectivity index (χ2v) is 2.45. The summed E-state index contributed by atoms with van der Waals surface area (Å²) in [5.74, 6) is -0.988. The van der Waals surface area contributed by atoms with Gasteiger partial charge in [0, 0.05) is 12.4 Å². The van der Waals surface area contributed by atoms with Crippen LogP contribution in [0.2, 0.25) is 0 Å². The van der Waals surface area contributed by atoms with E-state index < -0.39 is 5.97 Å². The number of aromatic carboxylic acids is 1. The monoisotopic (exact) mass is 176 g/mol. The van der Waals surface area contributed by atoms with E-state index in [0.29, 0.717) is 5.13 Å². The average molecular weight is 176 g/mol. The maximum atomic E-state index is 10.2. The van der Waals surface area contributed by atoms with Crippen molar-refractivity contribution >= 4 is 22.4 Å². The van der Waals surface area contributed by atoms with Crippen molar-refractivity contribution in [3.63, 3.8) is 0 Å². The minimum Gasteiger partial charge on any atom is -0.476 e. The molecule has 0 amide bonds. The third-order valence-corrected chi connectivity index (χ3v) is 1.80. The van der Waals surface area contributed by atoms with E-state index in [1.54, 1.807) is 7.05 Å². The van der Waals surface area contributed by atoms with Crippen molar-refractivity contribution in [2.45, 2.75) is 0 Å². The number of hydrogen-bond donors (Lipinski definition) is 2. The Balaban J connectivity index is 0.000001000. The molecule has 11 heavy (non-hydrogen) atoms. The first kappa shape index (κ1) is 9.86. The molecule has 1 heterocycles. The molecule has 0 aliphatic carbocycles. The van der Waals surface area contributed by atoms with Gasteiger partial charge in [-0.05, 0) is 0 Å². The highest BCUT2D eigenvalue weighted by atomic mass is 32.1. The number of aromatic nitrogens is 1. The molecule has 0 aromatic carbocycles. The predicted octanol–water partition coefficient (Wildman–Crippen LogP) is 0.0583. The standard InChI is InChI=1S/C5H6N2O2S.H2O/c1-6-5-7-3(2-10-5)4(8)9;/h2H,1H3,(H,6,7)(H,8,9);1H2. The largest absolute Gasteiger partial charge is 0.476 e. The fourth-order valence-corrected chi connectivity index (χ4v) is 1.13. The van der Waals surface area contributed by atoms with Crippen molar-refractivity contribution < 1.29 is 15.4 Å². The first-order valence-corrected chi connectivity index (χ1v) is 3.48. The summed E-state index contributed by atoms with van der Waals surface area (Å²) in [6, 6.07) is 0. The van der Waals surface area contributed by atoms with Gasteiger partial charge in [0.1, 0.15) is 0 Å². The summed E-state index contributed by atoms with van der Waals surface area (Å²) < 4.78 is 0. The van der Waals surface area contributed by atoms with Crippen LogP contribution in [0.4, 0.5) is 5.13 Å². The number of carboxylic acids is 1. The van der Waals surface area contributed by atoms with Gasteiger partial charge in [-0.3, -0.25) is 0 Å². The third kappa shape index (κ3) is 2.17. The summed E-state index contributed by atoms with van der Waals surface area (Å²) in [6.07, 6.45) is 0. The molecule has 0 saturated carbocycles. The van der Waals surface area contributed by atoms with Crippen LogP contribution < -0.4 is 5.32 Å². The Morgan fingerprint density at radius 1 is 1.82 bits per heavy atom. The molecule has 0 fully saturated rings. The molecule has 6 heteroatoms. The summed E-state index contributed by atoms with van der Waals surface area (Å²) in [7, 11) is 1.70. The fraction of sp³-hybridized carbons (Fsp3) is 0.200. The highest BCUT2D eigenvalue weighted by Crippen LogP contribution is 2.13. The summed E-state index contributed by atoms with van der Waals surface area (Å²) >= 11 is 1.27. The lowest BCUT2D eigenvalue weighted by molar-refractivity contribution is 0.0691. The molecule has 0 aliphatic rings. The number of carboxylic acid groups (broad SMARTS) is 1. The Morgan fingerprint density at radius 3 is 2.73 bits per heavy atom. The Hall–Kier alpha value is -1.14. The third-order valence-electron chi connectivity index (χ3n) is 0.937. The van der Waals surface area contributed by atoms with Gasteiger partial charge in [0.2, 0.25) is 0 Å². The van der Waals surface area contributed by atoms with Crippen molar-refractivity contribution in [2.75, 3.05) is 12.4 Å². The highest BCUT2D eigenvalue weighted by molar-refractivity contribution is 7.13. The van der Waals surface area contributed by atoms with E-state index in [2.05, 4.69) is 10.3 Å². The van der Waals surface area contributed by atoms with E-state index in [1.165, 1.54) is 16.7 Å². The minimum absolute atomic E-state index is 0. The van der Waals surface area contributed by atoms with Gasteiger partial charge in [0.05, 0.1) is 0 Å². The SMILES string of the molecule is CNc1nc(C(=O)O)cs1.O. The van der Waals surface area contributed by atoms with Gasteiger partial charge in [-0.25, -0.2) is 9.78 Å². The molecule has 0 spiro atoms. The number of thiazole rings is 1. The van der Waals surface area contributed by atoms with Gasteiger partial charge >= 0.3 is 5.97 Å². The molecule has 1 rings (SSSR count). The van der Waals surface area contributed by atoms with E-state index in [1.807, 2.05) is 0 Å². The quantitative estimate of drug-likeness (QED) is 0.666. The van der Waals surface area contributed by atoms with Gasteiger partial charge in [0.25, 0.3) is 0 Å². The number of carbonyl (C=O) groups is 1. The normalized spacial score (nSPS) is 8.45. The average Bonchev–Trinajstić information content (AvgIpc) is 2.34. The van der Waals surface area contributed by atoms with Gasteiger partial charge in [-0.15, -0.1) is 11.3 Å². The molecule has 4 N–H and O–H groups in total. The summed E-state index contributed by atoms with van der Waals surface area (Å²) in [4.78, 5) is 14.0. The summed E-state index contributed by atoms with van der Waals surface area (Å²) in [6.45, 7) is 0. The lowest BCUT2D eigenvalue weighted by atomic mass is 10.5. The molecule has 0 saturated heterocycles. The molecule has 1 aromatic heterocycles. The molecule has 0 aliphatic heterocycles. The lowest BCUT2D eigenvalue weighted by Gasteiger charge is -1.86.